The first-order chi connectivity index (χ1) is 10.9. The number of rotatable bonds is 5. The zero-order valence-corrected chi connectivity index (χ0v) is 15.8. The Hall–Kier alpha value is -1.30. The minimum atomic E-state index is -0.577. The molecule has 1 saturated heterocycles. The van der Waals surface area contributed by atoms with Gasteiger partial charge in [-0.15, -0.1) is 12.4 Å². The first kappa shape index (κ1) is 20.7. The van der Waals surface area contributed by atoms with Gasteiger partial charge in [0.05, 0.1) is 16.8 Å². The number of para-hydroxylation sites is 1. The Bertz CT molecular complexity index is 597. The van der Waals surface area contributed by atoms with Crippen molar-refractivity contribution in [3.63, 3.8) is 0 Å². The summed E-state index contributed by atoms with van der Waals surface area (Å²) < 4.78 is 0. The molecule has 0 aromatic heterocycles. The first-order valence-corrected chi connectivity index (χ1v) is 8.34. The van der Waals surface area contributed by atoms with E-state index in [2.05, 4.69) is 0 Å². The molecular formula is C17H25Cl2N3O2. The summed E-state index contributed by atoms with van der Waals surface area (Å²) in [7, 11) is 1.66. The third-order valence-electron chi connectivity index (χ3n) is 4.68. The van der Waals surface area contributed by atoms with Crippen LogP contribution in [-0.2, 0) is 9.59 Å². The molecule has 1 aliphatic heterocycles. The molecule has 0 aliphatic carbocycles. The lowest BCUT2D eigenvalue weighted by atomic mass is 9.98. The summed E-state index contributed by atoms with van der Waals surface area (Å²) in [6.45, 7) is 4.49. The zero-order chi connectivity index (χ0) is 17.1. The van der Waals surface area contributed by atoms with Crippen LogP contribution in [0.2, 0.25) is 5.02 Å². The maximum Gasteiger partial charge on any atom is 0.249 e. The molecule has 3 atom stereocenters. The van der Waals surface area contributed by atoms with Crippen LogP contribution in [0, 0.1) is 5.92 Å². The monoisotopic (exact) mass is 373 g/mol. The molecule has 2 amide bonds. The van der Waals surface area contributed by atoms with Gasteiger partial charge in [0, 0.05) is 13.6 Å². The molecule has 0 radical (unpaired) electrons. The number of anilines is 1. The highest BCUT2D eigenvalue weighted by Gasteiger charge is 2.39. The molecule has 1 heterocycles. The van der Waals surface area contributed by atoms with Gasteiger partial charge in [0.2, 0.25) is 11.8 Å². The van der Waals surface area contributed by atoms with E-state index in [0.717, 1.165) is 6.42 Å². The first-order valence-electron chi connectivity index (χ1n) is 7.96. The van der Waals surface area contributed by atoms with Crippen molar-refractivity contribution in [2.75, 3.05) is 18.5 Å². The molecular weight excluding hydrogens is 349 g/mol. The number of halogens is 2. The molecule has 5 nitrogen and oxygen atoms in total. The number of carbonyl (C=O) groups excluding carboxylic acids is 2. The summed E-state index contributed by atoms with van der Waals surface area (Å²) in [4.78, 5) is 28.3. The minimum absolute atomic E-state index is 0. The van der Waals surface area contributed by atoms with Crippen molar-refractivity contribution >= 4 is 41.5 Å². The largest absolute Gasteiger partial charge is 0.332 e. The topological polar surface area (TPSA) is 66.6 Å². The molecule has 0 spiro atoms. The molecule has 1 fully saturated rings. The van der Waals surface area contributed by atoms with Gasteiger partial charge >= 0.3 is 0 Å². The van der Waals surface area contributed by atoms with Crippen LogP contribution < -0.4 is 10.6 Å². The molecule has 0 bridgehead atoms. The van der Waals surface area contributed by atoms with Crippen molar-refractivity contribution in [3.05, 3.63) is 29.3 Å². The molecule has 0 saturated carbocycles. The van der Waals surface area contributed by atoms with E-state index in [-0.39, 0.29) is 30.1 Å². The van der Waals surface area contributed by atoms with Crippen LogP contribution in [0.5, 0.6) is 0 Å². The van der Waals surface area contributed by atoms with Crippen LogP contribution in [0.4, 0.5) is 5.69 Å². The molecule has 2 N–H and O–H groups in total. The molecule has 134 valence electrons. The van der Waals surface area contributed by atoms with Crippen LogP contribution in [0.15, 0.2) is 24.3 Å². The summed E-state index contributed by atoms with van der Waals surface area (Å²) in [5.41, 5.74) is 6.71. The maximum atomic E-state index is 12.7. The van der Waals surface area contributed by atoms with Gasteiger partial charge in [-0.2, -0.15) is 0 Å². The summed E-state index contributed by atoms with van der Waals surface area (Å²) in [6.07, 6.45) is 1.41. The lowest BCUT2D eigenvalue weighted by molar-refractivity contribution is -0.138. The third kappa shape index (κ3) is 4.02. The van der Waals surface area contributed by atoms with Gasteiger partial charge in [0.1, 0.15) is 6.04 Å². The van der Waals surface area contributed by atoms with Gasteiger partial charge in [0.25, 0.3) is 0 Å². The molecule has 1 aromatic rings. The average molecular weight is 374 g/mol. The molecule has 24 heavy (non-hydrogen) atoms. The second-order valence-electron chi connectivity index (χ2n) is 6.11. The Balaban J connectivity index is 0.00000288. The fourth-order valence-corrected chi connectivity index (χ4v) is 3.06. The van der Waals surface area contributed by atoms with Crippen molar-refractivity contribution < 1.29 is 9.59 Å². The predicted octanol–water partition coefficient (Wildman–Crippen LogP) is 2.70. The maximum absolute atomic E-state index is 12.7. The second kappa shape index (κ2) is 8.70. The normalized spacial score (nSPS) is 19.6. The highest BCUT2D eigenvalue weighted by atomic mass is 35.5. The van der Waals surface area contributed by atoms with E-state index in [9.17, 15) is 9.59 Å². The fourth-order valence-electron chi connectivity index (χ4n) is 2.82. The van der Waals surface area contributed by atoms with E-state index in [1.165, 1.54) is 4.90 Å². The van der Waals surface area contributed by atoms with Crippen molar-refractivity contribution in [1.29, 1.82) is 0 Å². The Kier molecular flexibility index (Phi) is 7.52. The van der Waals surface area contributed by atoms with E-state index in [0.29, 0.717) is 23.7 Å². The van der Waals surface area contributed by atoms with Gasteiger partial charge in [-0.3, -0.25) is 9.59 Å². The van der Waals surface area contributed by atoms with E-state index >= 15 is 0 Å². The number of hydrogen-bond acceptors (Lipinski definition) is 3. The van der Waals surface area contributed by atoms with Crippen LogP contribution in [0.25, 0.3) is 0 Å². The van der Waals surface area contributed by atoms with Gasteiger partial charge in [-0.05, 0) is 24.5 Å². The minimum Gasteiger partial charge on any atom is -0.332 e. The highest BCUT2D eigenvalue weighted by Crippen LogP contribution is 2.30. The Morgan fingerprint density at radius 3 is 2.67 bits per heavy atom. The lowest BCUT2D eigenvalue weighted by Gasteiger charge is -2.28. The number of hydrogen-bond donors (Lipinski definition) is 1. The Morgan fingerprint density at radius 2 is 2.08 bits per heavy atom. The summed E-state index contributed by atoms with van der Waals surface area (Å²) in [5, 5.41) is 0.534. The number of amides is 2. The van der Waals surface area contributed by atoms with Gasteiger partial charge in [0.15, 0.2) is 0 Å². The van der Waals surface area contributed by atoms with E-state index in [4.69, 9.17) is 17.3 Å². The number of nitrogens with two attached hydrogens (primary N) is 1. The number of likely N-dealkylation sites (N-methyl/N-ethyl adjacent to an activating group) is 1. The van der Waals surface area contributed by atoms with Crippen LogP contribution >= 0.6 is 24.0 Å². The van der Waals surface area contributed by atoms with Crippen LogP contribution in [0.1, 0.15) is 26.7 Å². The van der Waals surface area contributed by atoms with Gasteiger partial charge in [-0.25, -0.2) is 0 Å². The summed E-state index contributed by atoms with van der Waals surface area (Å²) in [5.74, 6) is -0.204. The molecule has 1 aliphatic rings. The summed E-state index contributed by atoms with van der Waals surface area (Å²) in [6, 6.07) is 6.18. The zero-order valence-electron chi connectivity index (χ0n) is 14.2. The fraction of sp³-hybridized carbons (Fsp3) is 0.529. The SMILES string of the molecule is CCC(C)C(N)C(=O)N(C)C1CCN(c2ccccc2Cl)C1=O.Cl. The summed E-state index contributed by atoms with van der Waals surface area (Å²) >= 11 is 6.18. The predicted molar refractivity (Wildman–Crippen MR) is 99.7 cm³/mol. The number of nitrogens with zero attached hydrogens (tertiary/aromatic N) is 2. The Morgan fingerprint density at radius 1 is 1.46 bits per heavy atom. The van der Waals surface area contributed by atoms with Crippen LogP contribution in [-0.4, -0.2) is 42.4 Å². The molecule has 7 heteroatoms. The quantitative estimate of drug-likeness (QED) is 0.862. The standard InChI is InChI=1S/C17H24ClN3O2.ClH/c1-4-11(2)15(19)17(23)20(3)14-9-10-21(16(14)22)13-8-6-5-7-12(13)18;/h5-8,11,14-15H,4,9-10,19H2,1-3H3;1H. The molecule has 1 aromatic carbocycles. The van der Waals surface area contributed by atoms with Gasteiger partial charge in [-0.1, -0.05) is 44.0 Å². The van der Waals surface area contributed by atoms with Crippen molar-refractivity contribution in [1.82, 2.24) is 4.90 Å². The van der Waals surface area contributed by atoms with Crippen molar-refractivity contribution in [2.45, 2.75) is 38.8 Å². The van der Waals surface area contributed by atoms with E-state index in [1.807, 2.05) is 32.0 Å². The highest BCUT2D eigenvalue weighted by molar-refractivity contribution is 6.34. The molecule has 2 rings (SSSR count). The number of benzene rings is 1. The lowest BCUT2D eigenvalue weighted by Crippen LogP contribution is -2.51. The van der Waals surface area contributed by atoms with Crippen molar-refractivity contribution in [3.8, 4) is 0 Å². The number of carbonyl (C=O) groups is 2. The smallest absolute Gasteiger partial charge is 0.249 e. The Labute approximate surface area is 154 Å². The van der Waals surface area contributed by atoms with Crippen LogP contribution in [0.3, 0.4) is 0 Å². The van der Waals surface area contributed by atoms with E-state index < -0.39 is 12.1 Å². The van der Waals surface area contributed by atoms with E-state index in [1.54, 1.807) is 18.0 Å². The molecule has 3 unspecified atom stereocenters. The van der Waals surface area contributed by atoms with Gasteiger partial charge < -0.3 is 15.5 Å². The second-order valence-corrected chi connectivity index (χ2v) is 6.51. The van der Waals surface area contributed by atoms with Crippen molar-refractivity contribution in [2.24, 2.45) is 11.7 Å². The average Bonchev–Trinajstić information content (AvgIpc) is 2.93. The third-order valence-corrected chi connectivity index (χ3v) is 5.00.